The summed E-state index contributed by atoms with van der Waals surface area (Å²) >= 11 is 0. The van der Waals surface area contributed by atoms with Crippen molar-refractivity contribution in [3.63, 3.8) is 0 Å². The smallest absolute Gasteiger partial charge is 0.0555 e. The van der Waals surface area contributed by atoms with Crippen LogP contribution in [0.4, 0.5) is 0 Å². The average Bonchev–Trinajstić information content (AvgIpc) is 2.40. The van der Waals surface area contributed by atoms with E-state index in [0.717, 1.165) is 65.4 Å². The second kappa shape index (κ2) is 10.7. The Labute approximate surface area is 111 Å². The van der Waals surface area contributed by atoms with Crippen LogP contribution in [0.15, 0.2) is 0 Å². The van der Waals surface area contributed by atoms with Gasteiger partial charge in [-0.05, 0) is 0 Å². The topological polar surface area (TPSA) is 76.8 Å². The Bertz CT molecular complexity index is 185. The zero-order valence-corrected chi connectivity index (χ0v) is 11.4. The summed E-state index contributed by atoms with van der Waals surface area (Å²) in [5.41, 5.74) is 5.56. The molecule has 1 rings (SSSR count). The molecule has 1 heterocycles. The van der Waals surface area contributed by atoms with Crippen LogP contribution in [0.1, 0.15) is 0 Å². The molecule has 108 valence electrons. The molecule has 6 nitrogen and oxygen atoms in total. The van der Waals surface area contributed by atoms with Crippen LogP contribution in [0.5, 0.6) is 0 Å². The van der Waals surface area contributed by atoms with Gasteiger partial charge in [0.1, 0.15) is 0 Å². The molecule has 0 radical (unpaired) electrons. The predicted molar refractivity (Wildman–Crippen MR) is 74.8 cm³/mol. The van der Waals surface area contributed by atoms with E-state index in [1.54, 1.807) is 0 Å². The molecular formula is C12H29N5O. The van der Waals surface area contributed by atoms with Crippen molar-refractivity contribution in [2.45, 2.75) is 0 Å². The van der Waals surface area contributed by atoms with Crippen LogP contribution >= 0.6 is 0 Å². The molecule has 0 amide bonds. The second-order valence-corrected chi connectivity index (χ2v) is 4.70. The van der Waals surface area contributed by atoms with Crippen molar-refractivity contribution in [2.24, 2.45) is 5.73 Å². The standard InChI is InChI=1S/C12H29N5O/c13-1-6-16-8-10-17(11-9-16)7-4-14-2-3-15-5-12-18/h14-15,18H,1-13H2. The molecule has 5 N–H and O–H groups in total. The highest BCUT2D eigenvalue weighted by Crippen LogP contribution is 1.99. The summed E-state index contributed by atoms with van der Waals surface area (Å²) in [5.74, 6) is 0. The minimum absolute atomic E-state index is 0.215. The van der Waals surface area contributed by atoms with Gasteiger partial charge in [0.2, 0.25) is 0 Å². The second-order valence-electron chi connectivity index (χ2n) is 4.70. The zero-order valence-electron chi connectivity index (χ0n) is 11.4. The van der Waals surface area contributed by atoms with Gasteiger partial charge in [-0.3, -0.25) is 9.80 Å². The van der Waals surface area contributed by atoms with E-state index in [-0.39, 0.29) is 6.61 Å². The third kappa shape index (κ3) is 7.25. The van der Waals surface area contributed by atoms with Crippen molar-refractivity contribution < 1.29 is 5.11 Å². The predicted octanol–water partition coefficient (Wildman–Crippen LogP) is -2.27. The fourth-order valence-corrected chi connectivity index (χ4v) is 2.16. The van der Waals surface area contributed by atoms with E-state index < -0.39 is 0 Å². The number of nitrogens with zero attached hydrogens (tertiary/aromatic N) is 2. The first-order valence-electron chi connectivity index (χ1n) is 7.04. The molecule has 0 atom stereocenters. The SMILES string of the molecule is NCCN1CCN(CCNCCNCCO)CC1. The molecule has 0 bridgehead atoms. The summed E-state index contributed by atoms with van der Waals surface area (Å²) in [6, 6.07) is 0. The quantitative estimate of drug-likeness (QED) is 0.332. The molecule has 0 aromatic heterocycles. The Kier molecular flexibility index (Phi) is 9.37. The molecule has 1 aliphatic heterocycles. The van der Waals surface area contributed by atoms with Crippen molar-refractivity contribution in [3.8, 4) is 0 Å². The molecular weight excluding hydrogens is 230 g/mol. The van der Waals surface area contributed by atoms with Crippen LogP contribution < -0.4 is 16.4 Å². The summed E-state index contributed by atoms with van der Waals surface area (Å²) < 4.78 is 0. The third-order valence-corrected chi connectivity index (χ3v) is 3.28. The first-order valence-corrected chi connectivity index (χ1v) is 7.04. The highest BCUT2D eigenvalue weighted by molar-refractivity contribution is 4.72. The van der Waals surface area contributed by atoms with Crippen LogP contribution in [0.25, 0.3) is 0 Å². The number of hydrogen-bond acceptors (Lipinski definition) is 6. The van der Waals surface area contributed by atoms with E-state index in [1.165, 1.54) is 0 Å². The monoisotopic (exact) mass is 259 g/mol. The molecule has 0 aromatic rings. The molecule has 1 fully saturated rings. The summed E-state index contributed by atoms with van der Waals surface area (Å²) in [6.07, 6.45) is 0. The summed E-state index contributed by atoms with van der Waals surface area (Å²) in [5, 5.41) is 15.2. The molecule has 1 saturated heterocycles. The number of hydrogen-bond donors (Lipinski definition) is 4. The van der Waals surface area contributed by atoms with Crippen LogP contribution in [-0.4, -0.2) is 93.5 Å². The van der Waals surface area contributed by atoms with Gasteiger partial charge in [-0.1, -0.05) is 0 Å². The first kappa shape index (κ1) is 15.8. The molecule has 18 heavy (non-hydrogen) atoms. The van der Waals surface area contributed by atoms with Crippen molar-refractivity contribution >= 4 is 0 Å². The number of aliphatic hydroxyl groups excluding tert-OH is 1. The molecule has 0 unspecified atom stereocenters. The maximum absolute atomic E-state index is 8.60. The van der Waals surface area contributed by atoms with E-state index in [2.05, 4.69) is 20.4 Å². The van der Waals surface area contributed by atoms with Gasteiger partial charge in [-0.2, -0.15) is 0 Å². The van der Waals surface area contributed by atoms with Crippen LogP contribution in [0, 0.1) is 0 Å². The normalized spacial score (nSPS) is 18.3. The van der Waals surface area contributed by atoms with E-state index in [9.17, 15) is 0 Å². The summed E-state index contributed by atoms with van der Waals surface area (Å²) in [7, 11) is 0. The van der Waals surface area contributed by atoms with Crippen LogP contribution in [-0.2, 0) is 0 Å². The lowest BCUT2D eigenvalue weighted by molar-refractivity contribution is 0.136. The number of aliphatic hydroxyl groups is 1. The molecule has 1 aliphatic rings. The van der Waals surface area contributed by atoms with Gasteiger partial charge >= 0.3 is 0 Å². The Hall–Kier alpha value is -0.240. The highest BCUT2D eigenvalue weighted by atomic mass is 16.3. The van der Waals surface area contributed by atoms with Gasteiger partial charge in [0.15, 0.2) is 0 Å². The Morgan fingerprint density at radius 1 is 0.833 bits per heavy atom. The van der Waals surface area contributed by atoms with E-state index >= 15 is 0 Å². The van der Waals surface area contributed by atoms with Gasteiger partial charge in [0.25, 0.3) is 0 Å². The van der Waals surface area contributed by atoms with Crippen LogP contribution in [0.3, 0.4) is 0 Å². The lowest BCUT2D eigenvalue weighted by atomic mass is 10.3. The first-order chi connectivity index (χ1) is 8.86. The summed E-state index contributed by atoms with van der Waals surface area (Å²) in [6.45, 7) is 11.4. The number of piperazine rings is 1. The largest absolute Gasteiger partial charge is 0.395 e. The average molecular weight is 259 g/mol. The number of nitrogens with two attached hydrogens (primary N) is 1. The molecule has 0 aliphatic carbocycles. The molecule has 0 aromatic carbocycles. The lowest BCUT2D eigenvalue weighted by Crippen LogP contribution is -2.49. The van der Waals surface area contributed by atoms with Gasteiger partial charge in [-0.25, -0.2) is 0 Å². The minimum atomic E-state index is 0.215. The maximum atomic E-state index is 8.60. The number of nitrogens with one attached hydrogen (secondary N) is 2. The van der Waals surface area contributed by atoms with Crippen molar-refractivity contribution in [2.75, 3.05) is 78.6 Å². The molecule has 0 spiro atoms. The van der Waals surface area contributed by atoms with Crippen molar-refractivity contribution in [1.82, 2.24) is 20.4 Å². The molecule has 6 heteroatoms. The molecule has 0 saturated carbocycles. The fraction of sp³-hybridized carbons (Fsp3) is 1.00. The lowest BCUT2D eigenvalue weighted by Gasteiger charge is -2.34. The third-order valence-electron chi connectivity index (χ3n) is 3.28. The van der Waals surface area contributed by atoms with Gasteiger partial charge in [0, 0.05) is 72.0 Å². The van der Waals surface area contributed by atoms with Crippen molar-refractivity contribution in [1.29, 1.82) is 0 Å². The minimum Gasteiger partial charge on any atom is -0.395 e. The highest BCUT2D eigenvalue weighted by Gasteiger charge is 2.14. The van der Waals surface area contributed by atoms with Gasteiger partial charge < -0.3 is 21.5 Å². The fourth-order valence-electron chi connectivity index (χ4n) is 2.16. The van der Waals surface area contributed by atoms with E-state index in [1.807, 2.05) is 0 Å². The van der Waals surface area contributed by atoms with Gasteiger partial charge in [0.05, 0.1) is 6.61 Å². The zero-order chi connectivity index (χ0) is 13.1. The maximum Gasteiger partial charge on any atom is 0.0555 e. The Morgan fingerprint density at radius 3 is 1.94 bits per heavy atom. The number of rotatable bonds is 10. The Balaban J connectivity index is 1.88. The Morgan fingerprint density at radius 2 is 1.39 bits per heavy atom. The summed E-state index contributed by atoms with van der Waals surface area (Å²) in [4.78, 5) is 4.93. The van der Waals surface area contributed by atoms with E-state index in [0.29, 0.717) is 6.54 Å². The van der Waals surface area contributed by atoms with Crippen molar-refractivity contribution in [3.05, 3.63) is 0 Å². The van der Waals surface area contributed by atoms with Gasteiger partial charge in [-0.15, -0.1) is 0 Å². The van der Waals surface area contributed by atoms with Crippen LogP contribution in [0.2, 0.25) is 0 Å². The van der Waals surface area contributed by atoms with E-state index in [4.69, 9.17) is 10.8 Å².